The molecule has 0 aromatic heterocycles. The van der Waals surface area contributed by atoms with Crippen molar-refractivity contribution < 1.29 is 19.7 Å². The maximum absolute atomic E-state index is 10.7. The third-order valence-corrected chi connectivity index (χ3v) is 1.33. The Labute approximate surface area is 68.3 Å². The molecule has 1 aromatic rings. The van der Waals surface area contributed by atoms with E-state index in [1.807, 2.05) is 0 Å². The number of rotatable bonds is 2. The van der Waals surface area contributed by atoms with Crippen molar-refractivity contribution >= 4 is 12.3 Å². The van der Waals surface area contributed by atoms with E-state index < -0.39 is 5.97 Å². The fourth-order valence-electron chi connectivity index (χ4n) is 0.795. The molecule has 0 fully saturated rings. The first-order valence-electron chi connectivity index (χ1n) is 3.11. The Kier molecular flexibility index (Phi) is 2.55. The molecule has 4 heteroatoms. The molecule has 0 aliphatic heterocycles. The maximum atomic E-state index is 10.7. The van der Waals surface area contributed by atoms with E-state index in [0.29, 0.717) is 0 Å². The lowest BCUT2D eigenvalue weighted by molar-refractivity contribution is -0.245. The molecular formula is C8H4O4. The number of carbonyl (C=O) groups is 1. The van der Waals surface area contributed by atoms with Gasteiger partial charge in [-0.1, -0.05) is 18.2 Å². The fourth-order valence-corrected chi connectivity index (χ4v) is 0.795. The minimum absolute atomic E-state index is 0.0263. The predicted molar refractivity (Wildman–Crippen MR) is 37.3 cm³/mol. The highest BCUT2D eigenvalue weighted by atomic mass is 17.1. The molecular weight excluding hydrogens is 160 g/mol. The van der Waals surface area contributed by atoms with Gasteiger partial charge in [-0.25, -0.2) is 4.79 Å². The van der Waals surface area contributed by atoms with Crippen LogP contribution in [0.15, 0.2) is 24.3 Å². The summed E-state index contributed by atoms with van der Waals surface area (Å²) in [5, 5.41) is 9.72. The topological polar surface area (TPSA) is 63.3 Å². The molecule has 0 amide bonds. The minimum atomic E-state index is -1.08. The summed E-state index contributed by atoms with van der Waals surface area (Å²) < 4.78 is 0. The van der Waals surface area contributed by atoms with Crippen molar-refractivity contribution in [3.63, 3.8) is 0 Å². The van der Waals surface area contributed by atoms with Gasteiger partial charge in [-0.05, 0) is 6.07 Å². The third-order valence-electron chi connectivity index (χ3n) is 1.33. The fraction of sp³-hybridized carbons (Fsp3) is 0. The van der Waals surface area contributed by atoms with Gasteiger partial charge in [0.05, 0.1) is 5.56 Å². The van der Waals surface area contributed by atoms with Crippen molar-refractivity contribution in [2.75, 3.05) is 0 Å². The lowest BCUT2D eigenvalue weighted by Gasteiger charge is -1.96. The summed E-state index contributed by atoms with van der Waals surface area (Å²) in [4.78, 5) is 24.1. The lowest BCUT2D eigenvalue weighted by atomic mass is 10.1. The Morgan fingerprint density at radius 1 is 1.33 bits per heavy atom. The van der Waals surface area contributed by atoms with Gasteiger partial charge in [0.2, 0.25) is 6.29 Å². The van der Waals surface area contributed by atoms with Gasteiger partial charge in [0.25, 0.3) is 0 Å². The summed E-state index contributed by atoms with van der Waals surface area (Å²) in [6.07, 6.45) is 1.52. The number of hydrogen-bond acceptors (Lipinski definition) is 3. The second kappa shape index (κ2) is 3.64. The SMILES string of the molecule is [O]OC(=O)c1ccccc1[C]=O. The molecule has 0 aliphatic rings. The van der Waals surface area contributed by atoms with Crippen molar-refractivity contribution in [1.82, 2.24) is 0 Å². The van der Waals surface area contributed by atoms with E-state index >= 15 is 0 Å². The van der Waals surface area contributed by atoms with Crippen molar-refractivity contribution in [3.05, 3.63) is 35.4 Å². The Hall–Kier alpha value is -1.68. The van der Waals surface area contributed by atoms with E-state index in [1.54, 1.807) is 6.07 Å². The number of carbonyl (C=O) groups excluding carboxylic acids is 2. The van der Waals surface area contributed by atoms with Gasteiger partial charge < -0.3 is 0 Å². The summed E-state index contributed by atoms with van der Waals surface area (Å²) in [7, 11) is 0. The third kappa shape index (κ3) is 1.49. The smallest absolute Gasteiger partial charge is 0.285 e. The van der Waals surface area contributed by atoms with Crippen LogP contribution in [0, 0.1) is 0 Å². The zero-order valence-corrected chi connectivity index (χ0v) is 5.94. The van der Waals surface area contributed by atoms with E-state index in [2.05, 4.69) is 4.89 Å². The Morgan fingerprint density at radius 3 is 2.58 bits per heavy atom. The number of hydrogen-bond donors (Lipinski definition) is 0. The van der Waals surface area contributed by atoms with Crippen LogP contribution < -0.4 is 0 Å². The van der Waals surface area contributed by atoms with Crippen molar-refractivity contribution in [3.8, 4) is 0 Å². The molecule has 0 bridgehead atoms. The van der Waals surface area contributed by atoms with Crippen LogP contribution in [0.1, 0.15) is 15.9 Å². The summed E-state index contributed by atoms with van der Waals surface area (Å²) in [5.41, 5.74) is -0.0409. The summed E-state index contributed by atoms with van der Waals surface area (Å²) in [6, 6.07) is 5.77. The molecule has 60 valence electrons. The zero-order valence-electron chi connectivity index (χ0n) is 5.94. The van der Waals surface area contributed by atoms with Crippen LogP contribution in [0.2, 0.25) is 0 Å². The van der Waals surface area contributed by atoms with E-state index in [9.17, 15) is 14.8 Å². The molecule has 4 nitrogen and oxygen atoms in total. The molecule has 1 aromatic carbocycles. The van der Waals surface area contributed by atoms with Gasteiger partial charge in [0.1, 0.15) is 0 Å². The molecule has 0 unspecified atom stereocenters. The zero-order chi connectivity index (χ0) is 8.97. The first-order valence-corrected chi connectivity index (χ1v) is 3.11. The van der Waals surface area contributed by atoms with Crippen LogP contribution in [0.5, 0.6) is 0 Å². The van der Waals surface area contributed by atoms with Crippen LogP contribution in [0.3, 0.4) is 0 Å². The molecule has 0 N–H and O–H groups in total. The van der Waals surface area contributed by atoms with Crippen molar-refractivity contribution in [2.45, 2.75) is 0 Å². The first kappa shape index (κ1) is 8.42. The van der Waals surface area contributed by atoms with Gasteiger partial charge in [-0.2, -0.15) is 0 Å². The molecule has 0 spiro atoms. The molecule has 2 radical (unpaired) electrons. The average molecular weight is 164 g/mol. The van der Waals surface area contributed by atoms with Gasteiger partial charge in [-0.3, -0.25) is 9.68 Å². The molecule has 0 heterocycles. The summed E-state index contributed by atoms with van der Waals surface area (Å²) >= 11 is 0. The Morgan fingerprint density at radius 2 is 2.00 bits per heavy atom. The monoisotopic (exact) mass is 164 g/mol. The summed E-state index contributed by atoms with van der Waals surface area (Å²) in [6.45, 7) is 0. The second-order valence-corrected chi connectivity index (χ2v) is 2.02. The molecule has 0 saturated heterocycles. The van der Waals surface area contributed by atoms with E-state index in [-0.39, 0.29) is 11.1 Å². The normalized spacial score (nSPS) is 9.08. The summed E-state index contributed by atoms with van der Waals surface area (Å²) in [5.74, 6) is -1.08. The first-order chi connectivity index (χ1) is 5.79. The minimum Gasteiger partial charge on any atom is -0.285 e. The van der Waals surface area contributed by atoms with Crippen LogP contribution in [0.25, 0.3) is 0 Å². The van der Waals surface area contributed by atoms with Gasteiger partial charge in [0, 0.05) is 10.8 Å². The van der Waals surface area contributed by atoms with Gasteiger partial charge in [0.15, 0.2) is 0 Å². The lowest BCUT2D eigenvalue weighted by Crippen LogP contribution is -2.04. The van der Waals surface area contributed by atoms with Crippen molar-refractivity contribution in [1.29, 1.82) is 0 Å². The van der Waals surface area contributed by atoms with Crippen molar-refractivity contribution in [2.24, 2.45) is 0 Å². The quantitative estimate of drug-likeness (QED) is 0.476. The highest BCUT2D eigenvalue weighted by molar-refractivity contribution is 5.97. The maximum Gasteiger partial charge on any atom is 0.377 e. The van der Waals surface area contributed by atoms with Crippen LogP contribution in [0.4, 0.5) is 0 Å². The second-order valence-electron chi connectivity index (χ2n) is 2.02. The van der Waals surface area contributed by atoms with Crippen LogP contribution in [-0.4, -0.2) is 12.3 Å². The largest absolute Gasteiger partial charge is 0.377 e. The molecule has 0 atom stereocenters. The van der Waals surface area contributed by atoms with E-state index in [4.69, 9.17) is 0 Å². The predicted octanol–water partition coefficient (Wildman–Crippen LogP) is 0.647. The number of benzene rings is 1. The average Bonchev–Trinajstić information content (AvgIpc) is 2.16. The van der Waals surface area contributed by atoms with Crippen LogP contribution >= 0.6 is 0 Å². The molecule has 0 aliphatic carbocycles. The van der Waals surface area contributed by atoms with E-state index in [1.165, 1.54) is 24.5 Å². The highest BCUT2D eigenvalue weighted by Gasteiger charge is 2.11. The van der Waals surface area contributed by atoms with Gasteiger partial charge >= 0.3 is 5.97 Å². The molecule has 1 rings (SSSR count). The van der Waals surface area contributed by atoms with E-state index in [0.717, 1.165) is 0 Å². The standard InChI is InChI=1S/C8H4O4/c9-5-6-3-1-2-4-7(6)8(10)12-11/h1-4H. The highest BCUT2D eigenvalue weighted by Crippen LogP contribution is 2.06. The molecule has 12 heavy (non-hydrogen) atoms. The van der Waals surface area contributed by atoms with Gasteiger partial charge in [-0.15, -0.1) is 0 Å². The van der Waals surface area contributed by atoms with Crippen LogP contribution in [-0.2, 0) is 14.9 Å². The Balaban J connectivity index is 3.13. The molecule has 0 saturated carbocycles. The Bertz CT molecular complexity index is 306.